The molecule has 0 unspecified atom stereocenters. The third-order valence-electron chi connectivity index (χ3n) is 2.48. The Labute approximate surface area is 103 Å². The summed E-state index contributed by atoms with van der Waals surface area (Å²) in [5.74, 6) is -0.564. The van der Waals surface area contributed by atoms with Crippen LogP contribution in [0.3, 0.4) is 0 Å². The van der Waals surface area contributed by atoms with E-state index in [1.54, 1.807) is 18.3 Å². The Morgan fingerprint density at radius 1 is 1.50 bits per heavy atom. The number of nitrogens with zero attached hydrogens (tertiary/aromatic N) is 2. The first-order valence-corrected chi connectivity index (χ1v) is 5.45. The Morgan fingerprint density at radius 3 is 2.94 bits per heavy atom. The van der Waals surface area contributed by atoms with Crippen molar-refractivity contribution >= 4 is 17.8 Å². The summed E-state index contributed by atoms with van der Waals surface area (Å²) in [5.41, 5.74) is 0.440. The van der Waals surface area contributed by atoms with E-state index in [2.05, 4.69) is 15.6 Å². The number of hydrogen-bond acceptors (Lipinski definition) is 4. The van der Waals surface area contributed by atoms with Crippen LogP contribution in [0.4, 0.5) is 4.79 Å². The molecule has 94 valence electrons. The minimum Gasteiger partial charge on any atom is -0.350 e. The Bertz CT molecular complexity index is 458. The highest BCUT2D eigenvalue weighted by Crippen LogP contribution is 1.98. The van der Waals surface area contributed by atoms with Gasteiger partial charge in [-0.2, -0.15) is 0 Å². The van der Waals surface area contributed by atoms with E-state index in [0.717, 1.165) is 4.90 Å². The number of rotatable bonds is 4. The van der Waals surface area contributed by atoms with Gasteiger partial charge in [0.05, 0.1) is 12.1 Å². The van der Waals surface area contributed by atoms with Gasteiger partial charge in [-0.15, -0.1) is 0 Å². The summed E-state index contributed by atoms with van der Waals surface area (Å²) in [5, 5.41) is 5.02. The summed E-state index contributed by atoms with van der Waals surface area (Å²) in [6, 6.07) is 2.87. The van der Waals surface area contributed by atoms with Crippen LogP contribution < -0.4 is 10.6 Å². The van der Waals surface area contributed by atoms with Crippen molar-refractivity contribution in [1.82, 2.24) is 20.5 Å². The summed E-state index contributed by atoms with van der Waals surface area (Å²) in [6.07, 6.45) is 3.02. The Balaban J connectivity index is 1.81. The average molecular weight is 248 g/mol. The molecule has 1 aromatic heterocycles. The van der Waals surface area contributed by atoms with E-state index < -0.39 is 6.03 Å². The van der Waals surface area contributed by atoms with Gasteiger partial charge in [0, 0.05) is 25.5 Å². The van der Waals surface area contributed by atoms with Gasteiger partial charge in [0.25, 0.3) is 5.91 Å². The molecule has 1 aliphatic rings. The van der Waals surface area contributed by atoms with Crippen LogP contribution in [-0.2, 0) is 4.79 Å². The Kier molecular flexibility index (Phi) is 3.52. The highest BCUT2D eigenvalue weighted by Gasteiger charge is 2.27. The van der Waals surface area contributed by atoms with E-state index in [1.807, 2.05) is 0 Å². The molecule has 0 radical (unpaired) electrons. The molecule has 7 heteroatoms. The van der Waals surface area contributed by atoms with Gasteiger partial charge in [0.1, 0.15) is 0 Å². The predicted molar refractivity (Wildman–Crippen MR) is 61.7 cm³/mol. The van der Waals surface area contributed by atoms with Crippen molar-refractivity contribution in [3.8, 4) is 0 Å². The van der Waals surface area contributed by atoms with Crippen molar-refractivity contribution in [2.24, 2.45) is 0 Å². The summed E-state index contributed by atoms with van der Waals surface area (Å²) in [4.78, 5) is 39.0. The maximum Gasteiger partial charge on any atom is 0.324 e. The monoisotopic (exact) mass is 248 g/mol. The normalized spacial score (nSPS) is 14.6. The van der Waals surface area contributed by atoms with Crippen LogP contribution in [0.5, 0.6) is 0 Å². The van der Waals surface area contributed by atoms with E-state index >= 15 is 0 Å². The lowest BCUT2D eigenvalue weighted by atomic mass is 10.3. The lowest BCUT2D eigenvalue weighted by Gasteiger charge is -2.12. The molecule has 4 amide bonds. The van der Waals surface area contributed by atoms with Crippen molar-refractivity contribution in [3.63, 3.8) is 0 Å². The molecule has 0 aromatic carbocycles. The second-order valence-electron chi connectivity index (χ2n) is 3.70. The molecule has 7 nitrogen and oxygen atoms in total. The van der Waals surface area contributed by atoms with Gasteiger partial charge in [-0.3, -0.25) is 19.5 Å². The van der Waals surface area contributed by atoms with Crippen LogP contribution in [0.25, 0.3) is 0 Å². The topological polar surface area (TPSA) is 91.4 Å². The summed E-state index contributed by atoms with van der Waals surface area (Å²) < 4.78 is 0. The number of imide groups is 1. The standard InChI is InChI=1S/C11H12N4O3/c16-9-7-14-11(18)15(9)5-4-13-10(17)8-2-1-3-12-6-8/h1-3,6H,4-5,7H2,(H,13,17)(H,14,18). The lowest BCUT2D eigenvalue weighted by Crippen LogP contribution is -2.38. The number of amides is 4. The van der Waals surface area contributed by atoms with Crippen molar-refractivity contribution in [2.75, 3.05) is 19.6 Å². The lowest BCUT2D eigenvalue weighted by molar-refractivity contribution is -0.124. The fraction of sp³-hybridized carbons (Fsp3) is 0.273. The van der Waals surface area contributed by atoms with Crippen LogP contribution in [0, 0.1) is 0 Å². The third kappa shape index (κ3) is 2.62. The SMILES string of the molecule is O=C(NCCN1C(=O)CNC1=O)c1cccnc1. The second-order valence-corrected chi connectivity index (χ2v) is 3.70. The fourth-order valence-corrected chi connectivity index (χ4v) is 1.56. The molecule has 2 rings (SSSR count). The van der Waals surface area contributed by atoms with Gasteiger partial charge in [-0.05, 0) is 12.1 Å². The zero-order valence-corrected chi connectivity index (χ0v) is 9.55. The summed E-state index contributed by atoms with van der Waals surface area (Å²) >= 11 is 0. The number of carbonyl (C=O) groups is 3. The highest BCUT2D eigenvalue weighted by molar-refractivity contribution is 6.02. The third-order valence-corrected chi connectivity index (χ3v) is 2.48. The van der Waals surface area contributed by atoms with Gasteiger partial charge in [-0.25, -0.2) is 4.79 Å². The molecule has 2 heterocycles. The molecule has 2 N–H and O–H groups in total. The first-order valence-electron chi connectivity index (χ1n) is 5.45. The molecule has 0 atom stereocenters. The zero-order chi connectivity index (χ0) is 13.0. The zero-order valence-electron chi connectivity index (χ0n) is 9.55. The largest absolute Gasteiger partial charge is 0.350 e. The second kappa shape index (κ2) is 5.26. The highest BCUT2D eigenvalue weighted by atomic mass is 16.2. The molecule has 1 aliphatic heterocycles. The maximum atomic E-state index is 11.6. The van der Waals surface area contributed by atoms with Gasteiger partial charge in [0.2, 0.25) is 5.91 Å². The van der Waals surface area contributed by atoms with E-state index in [9.17, 15) is 14.4 Å². The number of aromatic nitrogens is 1. The van der Waals surface area contributed by atoms with Crippen molar-refractivity contribution in [3.05, 3.63) is 30.1 Å². The minimum atomic E-state index is -0.421. The smallest absolute Gasteiger partial charge is 0.324 e. The van der Waals surface area contributed by atoms with E-state index in [-0.39, 0.29) is 31.4 Å². The first kappa shape index (κ1) is 12.0. The maximum absolute atomic E-state index is 11.6. The van der Waals surface area contributed by atoms with Crippen LogP contribution in [-0.4, -0.2) is 47.4 Å². The molecule has 0 spiro atoms. The van der Waals surface area contributed by atoms with E-state index in [0.29, 0.717) is 5.56 Å². The van der Waals surface area contributed by atoms with Crippen LogP contribution >= 0.6 is 0 Å². The number of urea groups is 1. The molecule has 0 bridgehead atoms. The van der Waals surface area contributed by atoms with Crippen LogP contribution in [0.15, 0.2) is 24.5 Å². The van der Waals surface area contributed by atoms with Crippen LogP contribution in [0.1, 0.15) is 10.4 Å². The predicted octanol–water partition coefficient (Wildman–Crippen LogP) is -0.637. The van der Waals surface area contributed by atoms with Gasteiger partial charge >= 0.3 is 6.03 Å². The summed E-state index contributed by atoms with van der Waals surface area (Å²) in [6.45, 7) is 0.402. The molecular formula is C11H12N4O3. The summed E-state index contributed by atoms with van der Waals surface area (Å²) in [7, 11) is 0. The molecule has 1 aromatic rings. The van der Waals surface area contributed by atoms with Gasteiger partial charge < -0.3 is 10.6 Å². The van der Waals surface area contributed by atoms with E-state index in [1.165, 1.54) is 6.20 Å². The van der Waals surface area contributed by atoms with Gasteiger partial charge in [-0.1, -0.05) is 0 Å². The number of nitrogens with one attached hydrogen (secondary N) is 2. The van der Waals surface area contributed by atoms with Crippen molar-refractivity contribution in [2.45, 2.75) is 0 Å². The van der Waals surface area contributed by atoms with Crippen molar-refractivity contribution < 1.29 is 14.4 Å². The van der Waals surface area contributed by atoms with Crippen molar-refractivity contribution in [1.29, 1.82) is 0 Å². The minimum absolute atomic E-state index is 0.0232. The molecule has 1 fully saturated rings. The average Bonchev–Trinajstić information content (AvgIpc) is 2.71. The quantitative estimate of drug-likeness (QED) is 0.693. The molecule has 18 heavy (non-hydrogen) atoms. The fourth-order valence-electron chi connectivity index (χ4n) is 1.56. The Morgan fingerprint density at radius 2 is 2.33 bits per heavy atom. The first-order chi connectivity index (χ1) is 8.68. The molecule has 1 saturated heterocycles. The molecular weight excluding hydrogens is 236 g/mol. The number of carbonyl (C=O) groups excluding carboxylic acids is 3. The molecule has 0 saturated carbocycles. The number of hydrogen-bond donors (Lipinski definition) is 2. The van der Waals surface area contributed by atoms with Crippen LogP contribution in [0.2, 0.25) is 0 Å². The molecule has 0 aliphatic carbocycles. The number of pyridine rings is 1. The Hall–Kier alpha value is -2.44. The van der Waals surface area contributed by atoms with Gasteiger partial charge in [0.15, 0.2) is 0 Å². The van der Waals surface area contributed by atoms with E-state index in [4.69, 9.17) is 0 Å².